The Morgan fingerprint density at radius 3 is 2.52 bits per heavy atom. The summed E-state index contributed by atoms with van der Waals surface area (Å²) < 4.78 is 28.4. The fourth-order valence-corrected chi connectivity index (χ4v) is 2.31. The van der Waals surface area contributed by atoms with E-state index in [0.717, 1.165) is 18.2 Å². The first-order valence-electron chi connectivity index (χ1n) is 8.49. The van der Waals surface area contributed by atoms with Gasteiger partial charge in [0.1, 0.15) is 24.7 Å². The van der Waals surface area contributed by atoms with Crippen molar-refractivity contribution in [2.75, 3.05) is 26.9 Å². The summed E-state index contributed by atoms with van der Waals surface area (Å²) in [6.45, 7) is -0.723. The summed E-state index contributed by atoms with van der Waals surface area (Å²) in [5.41, 5.74) is 0.271. The molecule has 154 valence electrons. The summed E-state index contributed by atoms with van der Waals surface area (Å²) in [5, 5.41) is 10.9. The molecular weight excluding hydrogens is 387 g/mol. The highest BCUT2D eigenvalue weighted by atomic mass is 19.1. The average molecular weight is 406 g/mol. The lowest BCUT2D eigenvalue weighted by Gasteiger charge is -2.15. The van der Waals surface area contributed by atoms with Gasteiger partial charge in [0, 0.05) is 13.2 Å². The molecule has 0 heterocycles. The second-order valence-corrected chi connectivity index (χ2v) is 5.73. The predicted molar refractivity (Wildman–Crippen MR) is 98.0 cm³/mol. The van der Waals surface area contributed by atoms with E-state index in [0.29, 0.717) is 10.6 Å². The Balaban J connectivity index is 2.17. The number of halogens is 1. The SMILES string of the molecule is COCCOC(=O)COc1cc(F)ccc1C(=O)N(Cc1ccccc1)[N+](=O)[O-]. The third-order valence-electron chi connectivity index (χ3n) is 3.68. The van der Waals surface area contributed by atoms with Gasteiger partial charge in [0.25, 0.3) is 0 Å². The summed E-state index contributed by atoms with van der Waals surface area (Å²) in [6, 6.07) is 11.3. The van der Waals surface area contributed by atoms with Crippen LogP contribution in [0.3, 0.4) is 0 Å². The van der Waals surface area contributed by atoms with Gasteiger partial charge in [-0.1, -0.05) is 35.3 Å². The van der Waals surface area contributed by atoms with E-state index in [9.17, 15) is 24.1 Å². The first kappa shape index (κ1) is 21.8. The van der Waals surface area contributed by atoms with Crippen molar-refractivity contribution in [1.29, 1.82) is 0 Å². The molecule has 0 spiro atoms. The van der Waals surface area contributed by atoms with Gasteiger partial charge < -0.3 is 14.2 Å². The van der Waals surface area contributed by atoms with Gasteiger partial charge in [-0.15, -0.1) is 0 Å². The van der Waals surface area contributed by atoms with E-state index < -0.39 is 29.3 Å². The van der Waals surface area contributed by atoms with Crippen LogP contribution in [-0.4, -0.2) is 48.8 Å². The molecule has 2 aromatic carbocycles. The summed E-state index contributed by atoms with van der Waals surface area (Å²) in [5.74, 6) is -2.82. The molecule has 0 saturated heterocycles. The molecule has 0 aliphatic rings. The van der Waals surface area contributed by atoms with Gasteiger partial charge in [-0.2, -0.15) is 0 Å². The van der Waals surface area contributed by atoms with Crippen LogP contribution < -0.4 is 4.74 Å². The molecule has 9 nitrogen and oxygen atoms in total. The van der Waals surface area contributed by atoms with Crippen LogP contribution in [0.5, 0.6) is 5.75 Å². The van der Waals surface area contributed by atoms with E-state index in [1.54, 1.807) is 30.3 Å². The lowest BCUT2D eigenvalue weighted by molar-refractivity contribution is -0.635. The maximum absolute atomic E-state index is 13.6. The minimum Gasteiger partial charge on any atom is -0.481 e. The number of amides is 1. The Hall–Kier alpha value is -3.53. The van der Waals surface area contributed by atoms with Gasteiger partial charge in [0.15, 0.2) is 11.6 Å². The normalized spacial score (nSPS) is 10.3. The lowest BCUT2D eigenvalue weighted by atomic mass is 10.1. The third kappa shape index (κ3) is 6.54. The van der Waals surface area contributed by atoms with E-state index in [1.807, 2.05) is 0 Å². The maximum Gasteiger partial charge on any atom is 0.344 e. The highest BCUT2D eigenvalue weighted by molar-refractivity contribution is 5.96. The molecule has 0 aliphatic heterocycles. The molecule has 0 aliphatic carbocycles. The maximum atomic E-state index is 13.6. The van der Waals surface area contributed by atoms with E-state index in [-0.39, 0.29) is 31.1 Å². The first-order chi connectivity index (χ1) is 13.9. The zero-order chi connectivity index (χ0) is 21.2. The number of ether oxygens (including phenoxy) is 3. The molecule has 0 fully saturated rings. The van der Waals surface area contributed by atoms with E-state index in [1.165, 1.54) is 7.11 Å². The van der Waals surface area contributed by atoms with Crippen molar-refractivity contribution in [3.63, 3.8) is 0 Å². The summed E-state index contributed by atoms with van der Waals surface area (Å²) in [6.07, 6.45) is 0. The molecule has 2 rings (SSSR count). The second-order valence-electron chi connectivity index (χ2n) is 5.73. The van der Waals surface area contributed by atoms with Crippen LogP contribution in [0.4, 0.5) is 4.39 Å². The van der Waals surface area contributed by atoms with Crippen LogP contribution >= 0.6 is 0 Å². The van der Waals surface area contributed by atoms with E-state index >= 15 is 0 Å². The lowest BCUT2D eigenvalue weighted by Crippen LogP contribution is -2.36. The number of benzene rings is 2. The molecule has 0 N–H and O–H groups in total. The molecule has 0 radical (unpaired) electrons. The first-order valence-corrected chi connectivity index (χ1v) is 8.49. The van der Waals surface area contributed by atoms with Crippen molar-refractivity contribution in [3.05, 3.63) is 75.6 Å². The van der Waals surface area contributed by atoms with Crippen molar-refractivity contribution in [2.24, 2.45) is 0 Å². The highest BCUT2D eigenvalue weighted by Gasteiger charge is 2.29. The molecular formula is C19H19FN2O7. The molecule has 29 heavy (non-hydrogen) atoms. The zero-order valence-electron chi connectivity index (χ0n) is 15.6. The smallest absolute Gasteiger partial charge is 0.344 e. The van der Waals surface area contributed by atoms with Crippen molar-refractivity contribution >= 4 is 11.9 Å². The predicted octanol–water partition coefficient (Wildman–Crippen LogP) is 2.23. The number of hydrogen-bond acceptors (Lipinski definition) is 7. The zero-order valence-corrected chi connectivity index (χ0v) is 15.6. The second kappa shape index (κ2) is 10.7. The summed E-state index contributed by atoms with van der Waals surface area (Å²) in [7, 11) is 1.44. The van der Waals surface area contributed by atoms with Gasteiger partial charge in [0.05, 0.1) is 12.2 Å². The third-order valence-corrected chi connectivity index (χ3v) is 3.68. The van der Waals surface area contributed by atoms with Crippen LogP contribution in [0, 0.1) is 15.9 Å². The number of hydrogen-bond donors (Lipinski definition) is 0. The number of methoxy groups -OCH3 is 1. The van der Waals surface area contributed by atoms with Gasteiger partial charge in [-0.25, -0.2) is 19.3 Å². The summed E-state index contributed by atoms with van der Waals surface area (Å²) in [4.78, 5) is 35.8. The van der Waals surface area contributed by atoms with Crippen LogP contribution in [0.2, 0.25) is 0 Å². The van der Waals surface area contributed by atoms with Crippen molar-refractivity contribution < 1.29 is 33.2 Å². The fraction of sp³-hybridized carbons (Fsp3) is 0.263. The van der Waals surface area contributed by atoms with Crippen molar-refractivity contribution in [2.45, 2.75) is 6.54 Å². The van der Waals surface area contributed by atoms with Crippen LogP contribution in [0.25, 0.3) is 0 Å². The van der Waals surface area contributed by atoms with Crippen molar-refractivity contribution in [1.82, 2.24) is 5.01 Å². The Kier molecular flexibility index (Phi) is 8.04. The molecule has 0 saturated carbocycles. The minimum absolute atomic E-state index is 0.000190. The van der Waals surface area contributed by atoms with Crippen LogP contribution in [-0.2, 0) is 20.8 Å². The van der Waals surface area contributed by atoms with Crippen LogP contribution in [0.15, 0.2) is 48.5 Å². The van der Waals surface area contributed by atoms with Gasteiger partial charge in [0.2, 0.25) is 0 Å². The Morgan fingerprint density at radius 1 is 1.14 bits per heavy atom. The Bertz CT molecular complexity index is 861. The Morgan fingerprint density at radius 2 is 1.86 bits per heavy atom. The standard InChI is InChI=1S/C19H19FN2O7/c1-27-9-10-28-18(23)13-29-17-11-15(20)7-8-16(17)19(24)21(22(25)26)12-14-5-3-2-4-6-14/h2-8,11H,9-10,12-13H2,1H3. The van der Waals surface area contributed by atoms with Gasteiger partial charge in [-0.3, -0.25) is 4.79 Å². The molecule has 0 aromatic heterocycles. The number of rotatable bonds is 10. The molecule has 0 atom stereocenters. The molecule has 0 bridgehead atoms. The van der Waals surface area contributed by atoms with Crippen LogP contribution in [0.1, 0.15) is 15.9 Å². The quantitative estimate of drug-likeness (QED) is 0.258. The number of nitro groups is 1. The number of nitrogens with zero attached hydrogens (tertiary/aromatic N) is 2. The number of carbonyl (C=O) groups is 2. The Labute approximate surface area is 165 Å². The van der Waals surface area contributed by atoms with Crippen molar-refractivity contribution in [3.8, 4) is 5.75 Å². The topological polar surface area (TPSA) is 108 Å². The molecule has 1 amide bonds. The fourth-order valence-electron chi connectivity index (χ4n) is 2.31. The monoisotopic (exact) mass is 406 g/mol. The summed E-state index contributed by atoms with van der Waals surface area (Å²) >= 11 is 0. The largest absolute Gasteiger partial charge is 0.481 e. The number of esters is 1. The molecule has 10 heteroatoms. The van der Waals surface area contributed by atoms with E-state index in [4.69, 9.17) is 14.2 Å². The number of carbonyl (C=O) groups excluding carboxylic acids is 2. The number of hydrazine groups is 1. The molecule has 0 unspecified atom stereocenters. The van der Waals surface area contributed by atoms with E-state index in [2.05, 4.69) is 0 Å². The highest BCUT2D eigenvalue weighted by Crippen LogP contribution is 2.23. The average Bonchev–Trinajstić information content (AvgIpc) is 2.71. The minimum atomic E-state index is -1.01. The molecule has 2 aromatic rings. The van der Waals surface area contributed by atoms with Gasteiger partial charge >= 0.3 is 11.9 Å². The van der Waals surface area contributed by atoms with Gasteiger partial charge in [-0.05, 0) is 17.7 Å².